The van der Waals surface area contributed by atoms with E-state index in [9.17, 15) is 14.0 Å². The van der Waals surface area contributed by atoms with E-state index in [-0.39, 0.29) is 11.7 Å². The molecule has 6 nitrogen and oxygen atoms in total. The number of nitrogens with one attached hydrogen (secondary N) is 1. The van der Waals surface area contributed by atoms with Gasteiger partial charge in [0.1, 0.15) is 11.7 Å². The van der Waals surface area contributed by atoms with Crippen molar-refractivity contribution in [1.82, 2.24) is 4.90 Å². The molecule has 2 aliphatic heterocycles. The van der Waals surface area contributed by atoms with Crippen LogP contribution in [0.25, 0.3) is 0 Å². The normalized spacial score (nSPS) is 19.3. The number of piperazine rings is 1. The van der Waals surface area contributed by atoms with Crippen LogP contribution in [0.3, 0.4) is 0 Å². The lowest BCUT2D eigenvalue weighted by Gasteiger charge is -2.34. The van der Waals surface area contributed by atoms with Crippen LogP contribution in [0.2, 0.25) is 0 Å². The minimum atomic E-state index is -0.472. The number of halogens is 1. The summed E-state index contributed by atoms with van der Waals surface area (Å²) in [7, 11) is 0. The lowest BCUT2D eigenvalue weighted by atomic mass is 10.0. The molecular formula is C20H19FN4O2. The Balaban J connectivity index is 1.49. The van der Waals surface area contributed by atoms with Crippen molar-refractivity contribution in [3.63, 3.8) is 0 Å². The van der Waals surface area contributed by atoms with Gasteiger partial charge in [0.05, 0.1) is 11.4 Å². The van der Waals surface area contributed by atoms with Crippen LogP contribution in [0, 0.1) is 5.82 Å². The largest absolute Gasteiger partial charge is 0.366 e. The minimum Gasteiger partial charge on any atom is -0.366 e. The van der Waals surface area contributed by atoms with Crippen LogP contribution in [0.15, 0.2) is 47.5 Å². The fourth-order valence-corrected chi connectivity index (χ4v) is 3.44. The van der Waals surface area contributed by atoms with Gasteiger partial charge in [-0.3, -0.25) is 14.6 Å². The third-order valence-electron chi connectivity index (χ3n) is 4.94. The lowest BCUT2D eigenvalue weighted by molar-refractivity contribution is -0.118. The average molecular weight is 366 g/mol. The highest BCUT2D eigenvalue weighted by atomic mass is 19.1. The maximum Gasteiger partial charge on any atom is 0.237 e. The summed E-state index contributed by atoms with van der Waals surface area (Å²) in [5, 5.41) is 2.82. The molecule has 138 valence electrons. The number of benzene rings is 2. The summed E-state index contributed by atoms with van der Waals surface area (Å²) >= 11 is 0. The SMILES string of the molecule is O=CN1CCN(c2ccc(N=CC3C(=O)Nc4ccccc43)cc2F)CC1. The first-order valence-corrected chi connectivity index (χ1v) is 8.83. The Morgan fingerprint density at radius 1 is 1.11 bits per heavy atom. The van der Waals surface area contributed by atoms with E-state index in [1.54, 1.807) is 23.2 Å². The van der Waals surface area contributed by atoms with Gasteiger partial charge in [-0.2, -0.15) is 0 Å². The second-order valence-electron chi connectivity index (χ2n) is 6.60. The molecule has 7 heteroatoms. The van der Waals surface area contributed by atoms with Gasteiger partial charge in [0.25, 0.3) is 0 Å². The summed E-state index contributed by atoms with van der Waals surface area (Å²) in [6.07, 6.45) is 2.38. The molecule has 1 saturated heterocycles. The van der Waals surface area contributed by atoms with Crippen LogP contribution in [0.5, 0.6) is 0 Å². The van der Waals surface area contributed by atoms with Gasteiger partial charge in [0, 0.05) is 44.1 Å². The molecule has 2 amide bonds. The predicted octanol–water partition coefficient (Wildman–Crippen LogP) is 2.54. The van der Waals surface area contributed by atoms with Gasteiger partial charge in [0.2, 0.25) is 12.3 Å². The van der Waals surface area contributed by atoms with Crippen LogP contribution in [-0.2, 0) is 9.59 Å². The maximum absolute atomic E-state index is 14.6. The fourth-order valence-electron chi connectivity index (χ4n) is 3.44. The zero-order chi connectivity index (χ0) is 18.8. The molecule has 2 aromatic carbocycles. The smallest absolute Gasteiger partial charge is 0.237 e. The van der Waals surface area contributed by atoms with E-state index >= 15 is 0 Å². The van der Waals surface area contributed by atoms with Crippen molar-refractivity contribution in [3.05, 3.63) is 53.8 Å². The Kier molecular flexibility index (Phi) is 4.58. The van der Waals surface area contributed by atoms with Crippen molar-refractivity contribution in [2.24, 2.45) is 4.99 Å². The summed E-state index contributed by atoms with van der Waals surface area (Å²) in [6, 6.07) is 12.3. The van der Waals surface area contributed by atoms with Gasteiger partial charge in [-0.25, -0.2) is 4.39 Å². The topological polar surface area (TPSA) is 65.0 Å². The zero-order valence-electron chi connectivity index (χ0n) is 14.6. The van der Waals surface area contributed by atoms with E-state index in [1.807, 2.05) is 29.2 Å². The molecular weight excluding hydrogens is 347 g/mol. The molecule has 2 heterocycles. The number of hydrogen-bond donors (Lipinski definition) is 1. The van der Waals surface area contributed by atoms with Crippen LogP contribution in [0.1, 0.15) is 11.5 Å². The lowest BCUT2D eigenvalue weighted by Crippen LogP contribution is -2.46. The highest BCUT2D eigenvalue weighted by molar-refractivity contribution is 6.12. The van der Waals surface area contributed by atoms with Crippen molar-refractivity contribution >= 4 is 35.6 Å². The molecule has 1 unspecified atom stereocenters. The number of nitrogens with zero attached hydrogens (tertiary/aromatic N) is 3. The Morgan fingerprint density at radius 2 is 1.89 bits per heavy atom. The second-order valence-corrected chi connectivity index (χ2v) is 6.60. The number of hydrogen-bond acceptors (Lipinski definition) is 4. The maximum atomic E-state index is 14.6. The average Bonchev–Trinajstić information content (AvgIpc) is 3.01. The molecule has 1 atom stereocenters. The quantitative estimate of drug-likeness (QED) is 0.668. The van der Waals surface area contributed by atoms with Gasteiger partial charge in [-0.05, 0) is 23.8 Å². The summed E-state index contributed by atoms with van der Waals surface area (Å²) < 4.78 is 14.6. The summed E-state index contributed by atoms with van der Waals surface area (Å²) in [6.45, 7) is 2.35. The van der Waals surface area contributed by atoms with E-state index in [0.29, 0.717) is 37.6 Å². The number of aliphatic imine (C=N–C) groups is 1. The number of para-hydroxylation sites is 1. The predicted molar refractivity (Wildman–Crippen MR) is 102 cm³/mol. The van der Waals surface area contributed by atoms with E-state index in [0.717, 1.165) is 17.7 Å². The van der Waals surface area contributed by atoms with Crippen LogP contribution in [-0.4, -0.2) is 49.6 Å². The van der Waals surface area contributed by atoms with Crippen molar-refractivity contribution in [1.29, 1.82) is 0 Å². The minimum absolute atomic E-state index is 0.134. The number of carbonyl (C=O) groups excluding carboxylic acids is 2. The monoisotopic (exact) mass is 366 g/mol. The highest BCUT2D eigenvalue weighted by Gasteiger charge is 2.28. The van der Waals surface area contributed by atoms with E-state index in [4.69, 9.17) is 0 Å². The van der Waals surface area contributed by atoms with Gasteiger partial charge in [-0.15, -0.1) is 0 Å². The molecule has 0 spiro atoms. The first kappa shape index (κ1) is 17.2. The molecule has 27 heavy (non-hydrogen) atoms. The number of fused-ring (bicyclic) bond motifs is 1. The molecule has 0 bridgehead atoms. The van der Waals surface area contributed by atoms with Gasteiger partial charge in [-0.1, -0.05) is 18.2 Å². The zero-order valence-corrected chi connectivity index (χ0v) is 14.6. The first-order chi connectivity index (χ1) is 13.2. The van der Waals surface area contributed by atoms with Crippen LogP contribution < -0.4 is 10.2 Å². The third-order valence-corrected chi connectivity index (χ3v) is 4.94. The van der Waals surface area contributed by atoms with Gasteiger partial charge >= 0.3 is 0 Å². The third kappa shape index (κ3) is 3.40. The molecule has 1 N–H and O–H groups in total. The Hall–Kier alpha value is -3.22. The molecule has 0 aromatic heterocycles. The van der Waals surface area contributed by atoms with E-state index < -0.39 is 5.92 Å². The second kappa shape index (κ2) is 7.19. The number of rotatable bonds is 4. The van der Waals surface area contributed by atoms with Crippen LogP contribution >= 0.6 is 0 Å². The summed E-state index contributed by atoms with van der Waals surface area (Å²) in [5.41, 5.74) is 2.62. The Labute approximate surface area is 156 Å². The molecule has 0 aliphatic carbocycles. The van der Waals surface area contributed by atoms with E-state index in [2.05, 4.69) is 10.3 Å². The standard InChI is InChI=1S/C20H19FN4O2/c21-17-11-14(5-6-19(17)25-9-7-24(13-26)8-10-25)22-12-16-15-3-1-2-4-18(15)23-20(16)27/h1-6,11-13,16H,7-10H2,(H,23,27). The van der Waals surface area contributed by atoms with Gasteiger partial charge in [0.15, 0.2) is 0 Å². The van der Waals surface area contributed by atoms with Crippen molar-refractivity contribution in [2.75, 3.05) is 36.4 Å². The number of carbonyl (C=O) groups is 2. The molecule has 0 radical (unpaired) electrons. The van der Waals surface area contributed by atoms with Crippen molar-refractivity contribution < 1.29 is 14.0 Å². The highest BCUT2D eigenvalue weighted by Crippen LogP contribution is 2.32. The number of amides is 2. The van der Waals surface area contributed by atoms with Gasteiger partial charge < -0.3 is 15.1 Å². The first-order valence-electron chi connectivity index (χ1n) is 8.83. The van der Waals surface area contributed by atoms with E-state index in [1.165, 1.54) is 6.07 Å². The van der Waals surface area contributed by atoms with Crippen molar-refractivity contribution in [2.45, 2.75) is 5.92 Å². The molecule has 4 rings (SSSR count). The summed E-state index contributed by atoms with van der Waals surface area (Å²) in [4.78, 5) is 30.8. The number of anilines is 2. The fraction of sp³-hybridized carbons (Fsp3) is 0.250. The summed E-state index contributed by atoms with van der Waals surface area (Å²) in [5.74, 6) is -0.967. The van der Waals surface area contributed by atoms with Crippen LogP contribution in [0.4, 0.5) is 21.5 Å². The van der Waals surface area contributed by atoms with Crippen molar-refractivity contribution in [3.8, 4) is 0 Å². The Bertz CT molecular complexity index is 907. The molecule has 1 fully saturated rings. The Morgan fingerprint density at radius 3 is 2.63 bits per heavy atom. The molecule has 0 saturated carbocycles. The molecule has 2 aliphatic rings. The molecule has 2 aromatic rings.